The monoisotopic (exact) mass is 234 g/mol. The SMILES string of the molecule is C1=CC=C2C=CCC3C4=C(CCCC4)C(=C23)C=C1. The van der Waals surface area contributed by atoms with Crippen molar-refractivity contribution in [3.63, 3.8) is 0 Å². The molecule has 0 amide bonds. The van der Waals surface area contributed by atoms with Gasteiger partial charge in [0.1, 0.15) is 0 Å². The molecule has 0 aromatic rings. The van der Waals surface area contributed by atoms with Crippen molar-refractivity contribution in [1.82, 2.24) is 0 Å². The van der Waals surface area contributed by atoms with Gasteiger partial charge in [0.05, 0.1) is 0 Å². The van der Waals surface area contributed by atoms with Gasteiger partial charge in [-0.3, -0.25) is 0 Å². The summed E-state index contributed by atoms with van der Waals surface area (Å²) in [6, 6.07) is 0. The third kappa shape index (κ3) is 1.38. The lowest BCUT2D eigenvalue weighted by Gasteiger charge is -2.24. The summed E-state index contributed by atoms with van der Waals surface area (Å²) >= 11 is 0. The molecule has 0 aliphatic heterocycles. The largest absolute Gasteiger partial charge is 0.0830 e. The van der Waals surface area contributed by atoms with Gasteiger partial charge in [0.2, 0.25) is 0 Å². The van der Waals surface area contributed by atoms with Gasteiger partial charge in [-0.1, -0.05) is 48.1 Å². The fourth-order valence-electron chi connectivity index (χ4n) is 3.89. The van der Waals surface area contributed by atoms with Crippen LogP contribution in [0.4, 0.5) is 0 Å². The maximum atomic E-state index is 2.36. The minimum Gasteiger partial charge on any atom is -0.0830 e. The molecule has 90 valence electrons. The molecule has 0 saturated heterocycles. The van der Waals surface area contributed by atoms with E-state index in [0.717, 1.165) is 0 Å². The minimum atomic E-state index is 0.697. The van der Waals surface area contributed by atoms with E-state index in [2.05, 4.69) is 42.5 Å². The van der Waals surface area contributed by atoms with Gasteiger partial charge < -0.3 is 0 Å². The molecule has 0 heteroatoms. The van der Waals surface area contributed by atoms with Crippen molar-refractivity contribution in [2.24, 2.45) is 5.92 Å². The van der Waals surface area contributed by atoms with Crippen molar-refractivity contribution in [2.45, 2.75) is 32.1 Å². The maximum Gasteiger partial charge on any atom is 0.0101 e. The Kier molecular flexibility index (Phi) is 2.29. The maximum absolute atomic E-state index is 2.36. The van der Waals surface area contributed by atoms with Crippen molar-refractivity contribution >= 4 is 0 Å². The molecule has 0 spiro atoms. The molecular formula is C18H18. The predicted molar refractivity (Wildman–Crippen MR) is 76.1 cm³/mol. The molecular weight excluding hydrogens is 216 g/mol. The fraction of sp³-hybridized carbons (Fsp3) is 0.333. The van der Waals surface area contributed by atoms with Gasteiger partial charge in [-0.15, -0.1) is 0 Å². The Hall–Kier alpha value is -1.56. The van der Waals surface area contributed by atoms with Gasteiger partial charge in [-0.25, -0.2) is 0 Å². The van der Waals surface area contributed by atoms with E-state index in [-0.39, 0.29) is 0 Å². The van der Waals surface area contributed by atoms with Crippen LogP contribution in [0, 0.1) is 5.92 Å². The zero-order valence-corrected chi connectivity index (χ0v) is 10.7. The third-order valence-electron chi connectivity index (χ3n) is 4.64. The number of rotatable bonds is 0. The molecule has 0 nitrogen and oxygen atoms in total. The smallest absolute Gasteiger partial charge is 0.0101 e. The fourth-order valence-corrected chi connectivity index (χ4v) is 3.89. The number of fused-ring (bicyclic) bond motifs is 2. The zero-order valence-electron chi connectivity index (χ0n) is 10.7. The van der Waals surface area contributed by atoms with E-state index in [9.17, 15) is 0 Å². The van der Waals surface area contributed by atoms with E-state index in [1.807, 2.05) is 0 Å². The molecule has 0 heterocycles. The normalized spacial score (nSPS) is 28.9. The van der Waals surface area contributed by atoms with Crippen molar-refractivity contribution in [2.75, 3.05) is 0 Å². The Bertz CT molecular complexity index is 573. The molecule has 0 aromatic heterocycles. The Balaban J connectivity index is 1.93. The lowest BCUT2D eigenvalue weighted by molar-refractivity contribution is 0.614. The highest BCUT2D eigenvalue weighted by Crippen LogP contribution is 2.50. The van der Waals surface area contributed by atoms with E-state index < -0.39 is 0 Å². The van der Waals surface area contributed by atoms with Crippen molar-refractivity contribution in [1.29, 1.82) is 0 Å². The van der Waals surface area contributed by atoms with E-state index in [0.29, 0.717) is 5.92 Å². The summed E-state index contributed by atoms with van der Waals surface area (Å²) in [5, 5.41) is 0. The highest BCUT2D eigenvalue weighted by Gasteiger charge is 2.35. The van der Waals surface area contributed by atoms with Crippen LogP contribution in [0.2, 0.25) is 0 Å². The van der Waals surface area contributed by atoms with Gasteiger partial charge in [-0.05, 0) is 54.4 Å². The summed E-state index contributed by atoms with van der Waals surface area (Å²) in [7, 11) is 0. The molecule has 0 fully saturated rings. The molecule has 0 N–H and O–H groups in total. The van der Waals surface area contributed by atoms with Gasteiger partial charge in [0.25, 0.3) is 0 Å². The lowest BCUT2D eigenvalue weighted by atomic mass is 9.80. The summed E-state index contributed by atoms with van der Waals surface area (Å²) in [5.41, 5.74) is 8.05. The van der Waals surface area contributed by atoms with E-state index in [4.69, 9.17) is 0 Å². The third-order valence-corrected chi connectivity index (χ3v) is 4.64. The Morgan fingerprint density at radius 2 is 1.89 bits per heavy atom. The van der Waals surface area contributed by atoms with Crippen LogP contribution < -0.4 is 0 Å². The van der Waals surface area contributed by atoms with Crippen LogP contribution in [0.1, 0.15) is 32.1 Å². The van der Waals surface area contributed by atoms with Crippen LogP contribution in [0.25, 0.3) is 0 Å². The van der Waals surface area contributed by atoms with Crippen LogP contribution in [0.15, 0.2) is 70.4 Å². The summed E-state index contributed by atoms with van der Waals surface area (Å²) in [4.78, 5) is 0. The van der Waals surface area contributed by atoms with Gasteiger partial charge in [-0.2, -0.15) is 0 Å². The van der Waals surface area contributed by atoms with Gasteiger partial charge in [0.15, 0.2) is 0 Å². The highest BCUT2D eigenvalue weighted by molar-refractivity contribution is 5.66. The van der Waals surface area contributed by atoms with Crippen molar-refractivity contribution in [3.05, 3.63) is 70.4 Å². The highest BCUT2D eigenvalue weighted by atomic mass is 14.4. The summed E-state index contributed by atoms with van der Waals surface area (Å²) in [5.74, 6) is 0.697. The van der Waals surface area contributed by atoms with Crippen LogP contribution in [-0.2, 0) is 0 Å². The Morgan fingerprint density at radius 1 is 0.944 bits per heavy atom. The lowest BCUT2D eigenvalue weighted by Crippen LogP contribution is -2.10. The molecule has 18 heavy (non-hydrogen) atoms. The van der Waals surface area contributed by atoms with Crippen LogP contribution in [0.5, 0.6) is 0 Å². The first-order chi connectivity index (χ1) is 8.95. The second-order valence-electron chi connectivity index (χ2n) is 5.59. The molecule has 4 aliphatic rings. The molecule has 0 radical (unpaired) electrons. The average molecular weight is 234 g/mol. The minimum absolute atomic E-state index is 0.697. The van der Waals surface area contributed by atoms with Gasteiger partial charge >= 0.3 is 0 Å². The first-order valence-electron chi connectivity index (χ1n) is 7.13. The first-order valence-corrected chi connectivity index (χ1v) is 7.13. The molecule has 1 atom stereocenters. The quantitative estimate of drug-likeness (QED) is 0.565. The zero-order chi connectivity index (χ0) is 11.9. The predicted octanol–water partition coefficient (Wildman–Crippen LogP) is 4.80. The standard InChI is InChI=1S/C18H18/c1-2-7-13-8-6-12-17-15-10-5-4-9-14(15)16(11-3-1)18(13)17/h1-3,6-8,11,17H,4-5,9-10,12H2. The average Bonchev–Trinajstić information content (AvgIpc) is 2.70. The summed E-state index contributed by atoms with van der Waals surface area (Å²) in [6.07, 6.45) is 22.4. The molecule has 0 saturated carbocycles. The summed E-state index contributed by atoms with van der Waals surface area (Å²) < 4.78 is 0. The van der Waals surface area contributed by atoms with E-state index in [1.165, 1.54) is 37.7 Å². The molecule has 4 rings (SSSR count). The number of hydrogen-bond acceptors (Lipinski definition) is 0. The second-order valence-corrected chi connectivity index (χ2v) is 5.59. The molecule has 1 unspecified atom stereocenters. The molecule has 0 bridgehead atoms. The summed E-state index contributed by atoms with van der Waals surface area (Å²) in [6.45, 7) is 0. The Morgan fingerprint density at radius 3 is 2.89 bits per heavy atom. The van der Waals surface area contributed by atoms with Crippen molar-refractivity contribution in [3.8, 4) is 0 Å². The second kappa shape index (κ2) is 3.98. The molecule has 0 aromatic carbocycles. The van der Waals surface area contributed by atoms with E-state index >= 15 is 0 Å². The van der Waals surface area contributed by atoms with Crippen LogP contribution in [-0.4, -0.2) is 0 Å². The first kappa shape index (κ1) is 10.4. The van der Waals surface area contributed by atoms with Crippen LogP contribution in [0.3, 0.4) is 0 Å². The van der Waals surface area contributed by atoms with E-state index in [1.54, 1.807) is 22.3 Å². The Labute approximate surface area is 109 Å². The molecule has 4 aliphatic carbocycles. The number of hydrogen-bond donors (Lipinski definition) is 0. The van der Waals surface area contributed by atoms with Crippen molar-refractivity contribution < 1.29 is 0 Å². The number of allylic oxidation sites excluding steroid dienone is 12. The van der Waals surface area contributed by atoms with Gasteiger partial charge in [0, 0.05) is 5.92 Å². The van der Waals surface area contributed by atoms with Crippen LogP contribution >= 0.6 is 0 Å². The topological polar surface area (TPSA) is 0 Å².